The van der Waals surface area contributed by atoms with Crippen molar-refractivity contribution in [2.75, 3.05) is 58.9 Å². The zero-order valence-electron chi connectivity index (χ0n) is 18.6. The lowest BCUT2D eigenvalue weighted by molar-refractivity contribution is -0.133. The summed E-state index contributed by atoms with van der Waals surface area (Å²) >= 11 is 0. The fourth-order valence-corrected chi connectivity index (χ4v) is 5.66. The summed E-state index contributed by atoms with van der Waals surface area (Å²) in [4.78, 5) is 30.0. The first-order chi connectivity index (χ1) is 16.3. The molecule has 0 radical (unpaired) electrons. The largest absolute Gasteiger partial charge is 0.339 e. The summed E-state index contributed by atoms with van der Waals surface area (Å²) in [6.45, 7) is 2.50. The smallest absolute Gasteiger partial charge is 0.256 e. The molecule has 0 aromatic heterocycles. The first kappa shape index (κ1) is 24.2. The number of sulfonamides is 1. The van der Waals surface area contributed by atoms with Crippen molar-refractivity contribution in [3.63, 3.8) is 0 Å². The zero-order valence-corrected chi connectivity index (χ0v) is 19.4. The third-order valence-electron chi connectivity index (χ3n) is 6.17. The van der Waals surface area contributed by atoms with E-state index in [4.69, 9.17) is 0 Å². The fraction of sp³-hybridized carbons (Fsp3) is 0.391. The van der Waals surface area contributed by atoms with Crippen LogP contribution < -0.4 is 0 Å². The standard InChI is InChI=1S/C23H26F2N4O4S/c24-19-6-2-1-5-18(19)23(31)28-11-9-26(10-12-28)17-22(30)27-13-15-29(16-14-27)34(32,33)21-8-4-3-7-20(21)25/h1-8H,9-17H2. The normalized spacial score (nSPS) is 18.2. The Bertz CT molecular complexity index is 1160. The van der Waals surface area contributed by atoms with Crippen molar-refractivity contribution >= 4 is 21.8 Å². The number of halogens is 2. The van der Waals surface area contributed by atoms with Crippen LogP contribution >= 0.6 is 0 Å². The van der Waals surface area contributed by atoms with Gasteiger partial charge in [-0.25, -0.2) is 17.2 Å². The number of nitrogens with zero attached hydrogens (tertiary/aromatic N) is 4. The van der Waals surface area contributed by atoms with Crippen LogP contribution in [0.25, 0.3) is 0 Å². The van der Waals surface area contributed by atoms with Gasteiger partial charge in [0.25, 0.3) is 5.91 Å². The summed E-state index contributed by atoms with van der Waals surface area (Å²) in [6.07, 6.45) is 0. The van der Waals surface area contributed by atoms with Gasteiger partial charge in [0.1, 0.15) is 16.5 Å². The molecule has 182 valence electrons. The van der Waals surface area contributed by atoms with Crippen LogP contribution in [0.4, 0.5) is 8.78 Å². The molecule has 0 spiro atoms. The van der Waals surface area contributed by atoms with Gasteiger partial charge in [-0.15, -0.1) is 0 Å². The Morgan fingerprint density at radius 1 is 0.735 bits per heavy atom. The summed E-state index contributed by atoms with van der Waals surface area (Å²) in [6, 6.07) is 11.1. The highest BCUT2D eigenvalue weighted by Gasteiger charge is 2.32. The SMILES string of the molecule is O=C(CN1CCN(C(=O)c2ccccc2F)CC1)N1CCN(S(=O)(=O)c2ccccc2F)CC1. The number of carbonyl (C=O) groups excluding carboxylic acids is 2. The molecule has 0 bridgehead atoms. The Hall–Kier alpha value is -2.89. The number of hydrogen-bond donors (Lipinski definition) is 0. The molecule has 11 heteroatoms. The van der Waals surface area contributed by atoms with Crippen molar-refractivity contribution in [2.45, 2.75) is 4.90 Å². The molecule has 34 heavy (non-hydrogen) atoms. The fourth-order valence-electron chi connectivity index (χ4n) is 4.18. The quantitative estimate of drug-likeness (QED) is 0.628. The van der Waals surface area contributed by atoms with Gasteiger partial charge in [-0.3, -0.25) is 14.5 Å². The second-order valence-electron chi connectivity index (χ2n) is 8.26. The van der Waals surface area contributed by atoms with Gasteiger partial charge in [-0.1, -0.05) is 24.3 Å². The van der Waals surface area contributed by atoms with Crippen LogP contribution in [0.5, 0.6) is 0 Å². The Balaban J connectivity index is 1.26. The van der Waals surface area contributed by atoms with Crippen LogP contribution in [0, 0.1) is 11.6 Å². The number of carbonyl (C=O) groups is 2. The van der Waals surface area contributed by atoms with Crippen molar-refractivity contribution in [3.8, 4) is 0 Å². The number of piperazine rings is 2. The predicted octanol–water partition coefficient (Wildman–Crippen LogP) is 1.26. The Labute approximate surface area is 197 Å². The molecular formula is C23H26F2N4O4S. The maximum absolute atomic E-state index is 14.0. The van der Waals surface area contributed by atoms with Crippen LogP contribution in [0.3, 0.4) is 0 Å². The van der Waals surface area contributed by atoms with E-state index in [2.05, 4.69) is 0 Å². The number of rotatable bonds is 5. The number of benzene rings is 2. The Morgan fingerprint density at radius 2 is 1.29 bits per heavy atom. The van der Waals surface area contributed by atoms with Gasteiger partial charge < -0.3 is 9.80 Å². The van der Waals surface area contributed by atoms with Gasteiger partial charge in [0.15, 0.2) is 0 Å². The van der Waals surface area contributed by atoms with Gasteiger partial charge in [-0.2, -0.15) is 4.31 Å². The Morgan fingerprint density at radius 3 is 1.91 bits per heavy atom. The highest BCUT2D eigenvalue weighted by Crippen LogP contribution is 2.20. The van der Waals surface area contributed by atoms with E-state index in [1.54, 1.807) is 15.9 Å². The van der Waals surface area contributed by atoms with Gasteiger partial charge in [-0.05, 0) is 24.3 Å². The first-order valence-corrected chi connectivity index (χ1v) is 12.5. The van der Waals surface area contributed by atoms with E-state index in [-0.39, 0.29) is 55.0 Å². The van der Waals surface area contributed by atoms with Crippen molar-refractivity contribution < 1.29 is 26.8 Å². The maximum atomic E-state index is 14.0. The highest BCUT2D eigenvalue weighted by atomic mass is 32.2. The van der Waals surface area contributed by atoms with Gasteiger partial charge >= 0.3 is 0 Å². The Kier molecular flexibility index (Phi) is 7.24. The monoisotopic (exact) mass is 492 g/mol. The molecule has 2 aliphatic heterocycles. The summed E-state index contributed by atoms with van der Waals surface area (Å²) in [7, 11) is -3.96. The highest BCUT2D eigenvalue weighted by molar-refractivity contribution is 7.89. The minimum atomic E-state index is -3.96. The van der Waals surface area contributed by atoms with Gasteiger partial charge in [0.2, 0.25) is 15.9 Å². The van der Waals surface area contributed by atoms with Crippen molar-refractivity contribution in [2.24, 2.45) is 0 Å². The van der Waals surface area contributed by atoms with E-state index >= 15 is 0 Å². The first-order valence-electron chi connectivity index (χ1n) is 11.1. The third kappa shape index (κ3) is 5.11. The maximum Gasteiger partial charge on any atom is 0.256 e. The van der Waals surface area contributed by atoms with Crippen LogP contribution in [0.2, 0.25) is 0 Å². The topological polar surface area (TPSA) is 81.2 Å². The van der Waals surface area contributed by atoms with Crippen LogP contribution in [0.15, 0.2) is 53.4 Å². The van der Waals surface area contributed by atoms with Crippen molar-refractivity contribution in [1.29, 1.82) is 0 Å². The molecule has 2 heterocycles. The lowest BCUT2D eigenvalue weighted by atomic mass is 10.1. The molecule has 0 atom stereocenters. The average Bonchev–Trinajstić information content (AvgIpc) is 2.84. The average molecular weight is 493 g/mol. The van der Waals surface area contributed by atoms with E-state index in [1.165, 1.54) is 40.7 Å². The van der Waals surface area contributed by atoms with Crippen molar-refractivity contribution in [1.82, 2.24) is 19.0 Å². The van der Waals surface area contributed by atoms with Gasteiger partial charge in [0.05, 0.1) is 12.1 Å². The zero-order chi connectivity index (χ0) is 24.3. The molecule has 0 aliphatic carbocycles. The van der Waals surface area contributed by atoms with Gasteiger partial charge in [0, 0.05) is 52.4 Å². The summed E-state index contributed by atoms with van der Waals surface area (Å²) < 4.78 is 54.5. The van der Waals surface area contributed by atoms with Crippen LogP contribution in [-0.2, 0) is 14.8 Å². The predicted molar refractivity (Wildman–Crippen MR) is 120 cm³/mol. The van der Waals surface area contributed by atoms with Crippen LogP contribution in [0.1, 0.15) is 10.4 Å². The minimum Gasteiger partial charge on any atom is -0.339 e. The summed E-state index contributed by atoms with van der Waals surface area (Å²) in [5.74, 6) is -1.84. The molecule has 2 aromatic carbocycles. The van der Waals surface area contributed by atoms with E-state index in [1.807, 2.05) is 4.90 Å². The molecule has 8 nitrogen and oxygen atoms in total. The minimum absolute atomic E-state index is 0.0373. The second-order valence-corrected chi connectivity index (χ2v) is 10.2. The molecular weight excluding hydrogens is 466 g/mol. The summed E-state index contributed by atoms with van der Waals surface area (Å²) in [5, 5.41) is 0. The molecule has 0 unspecified atom stereocenters. The lowest BCUT2D eigenvalue weighted by Crippen LogP contribution is -2.55. The lowest BCUT2D eigenvalue weighted by Gasteiger charge is -2.37. The molecule has 2 aromatic rings. The van der Waals surface area contributed by atoms with E-state index < -0.39 is 21.7 Å². The molecule has 2 saturated heterocycles. The molecule has 4 rings (SSSR count). The summed E-state index contributed by atoms with van der Waals surface area (Å²) in [5.41, 5.74) is 0.0373. The number of hydrogen-bond acceptors (Lipinski definition) is 5. The van der Waals surface area contributed by atoms with Crippen LogP contribution in [-0.4, -0.2) is 98.1 Å². The van der Waals surface area contributed by atoms with E-state index in [9.17, 15) is 26.8 Å². The third-order valence-corrected chi connectivity index (χ3v) is 8.10. The number of amides is 2. The molecule has 0 N–H and O–H groups in total. The molecule has 0 saturated carbocycles. The van der Waals surface area contributed by atoms with Crippen molar-refractivity contribution in [3.05, 3.63) is 65.7 Å². The van der Waals surface area contributed by atoms with E-state index in [0.29, 0.717) is 26.2 Å². The van der Waals surface area contributed by atoms with E-state index in [0.717, 1.165) is 6.07 Å². The second kappa shape index (κ2) is 10.2. The molecule has 2 amide bonds. The molecule has 2 fully saturated rings. The molecule has 2 aliphatic rings.